The molecule has 2 heterocycles. The molecule has 7 heteroatoms. The summed E-state index contributed by atoms with van der Waals surface area (Å²) in [7, 11) is 0. The van der Waals surface area contributed by atoms with Gasteiger partial charge in [-0.05, 0) is 41.3 Å². The van der Waals surface area contributed by atoms with Crippen molar-refractivity contribution in [3.63, 3.8) is 0 Å². The summed E-state index contributed by atoms with van der Waals surface area (Å²) < 4.78 is 0. The molecule has 1 aliphatic rings. The number of aliphatic imine (C=N–C) groups is 1. The number of hydrogen-bond donors (Lipinski definition) is 3. The van der Waals surface area contributed by atoms with Gasteiger partial charge in [-0.25, -0.2) is 4.99 Å². The zero-order valence-corrected chi connectivity index (χ0v) is 15.3. The van der Waals surface area contributed by atoms with Crippen LogP contribution in [0.25, 0.3) is 0 Å². The molecule has 1 aliphatic heterocycles. The first kappa shape index (κ1) is 17.4. The van der Waals surface area contributed by atoms with Gasteiger partial charge in [-0.3, -0.25) is 4.79 Å². The molecule has 0 saturated carbocycles. The number of thiophene rings is 1. The number of carbonyl (C=O) groups is 1. The third kappa shape index (κ3) is 3.48. The topological polar surface area (TPSA) is 96.7 Å². The van der Waals surface area contributed by atoms with Crippen LogP contribution in [0.3, 0.4) is 0 Å². The molecule has 1 unspecified atom stereocenters. The van der Waals surface area contributed by atoms with Crippen molar-refractivity contribution >= 4 is 40.0 Å². The van der Waals surface area contributed by atoms with Gasteiger partial charge in [-0.15, -0.1) is 11.3 Å². The number of nitrogens with zero attached hydrogens (tertiary/aromatic N) is 2. The first-order chi connectivity index (χ1) is 13.1. The van der Waals surface area contributed by atoms with Gasteiger partial charge >= 0.3 is 0 Å². The van der Waals surface area contributed by atoms with Gasteiger partial charge in [0.1, 0.15) is 17.2 Å². The molecule has 5 N–H and O–H groups in total. The van der Waals surface area contributed by atoms with Crippen molar-refractivity contribution in [1.29, 1.82) is 0 Å². The van der Waals surface area contributed by atoms with Crippen molar-refractivity contribution in [1.82, 2.24) is 0 Å². The van der Waals surface area contributed by atoms with Crippen LogP contribution >= 0.6 is 11.3 Å². The Morgan fingerprint density at radius 3 is 2.59 bits per heavy atom. The molecule has 136 valence electrons. The molecule has 4 rings (SSSR count). The Morgan fingerprint density at radius 1 is 1.11 bits per heavy atom. The van der Waals surface area contributed by atoms with E-state index in [2.05, 4.69) is 10.3 Å². The minimum Gasteiger partial charge on any atom is -0.324 e. The Hall–Kier alpha value is -3.00. The van der Waals surface area contributed by atoms with Gasteiger partial charge in [0.25, 0.3) is 0 Å². The van der Waals surface area contributed by atoms with E-state index in [-0.39, 0.29) is 12.1 Å². The average Bonchev–Trinajstić information content (AvgIpc) is 3.19. The molecule has 0 spiro atoms. The lowest BCUT2D eigenvalue weighted by Gasteiger charge is -2.29. The first-order valence-corrected chi connectivity index (χ1v) is 9.38. The van der Waals surface area contributed by atoms with Crippen LogP contribution < -0.4 is 21.7 Å². The van der Waals surface area contributed by atoms with Gasteiger partial charge in [-0.2, -0.15) is 0 Å². The van der Waals surface area contributed by atoms with Gasteiger partial charge in [0.15, 0.2) is 0 Å². The van der Waals surface area contributed by atoms with Crippen LogP contribution in [0.15, 0.2) is 71.0 Å². The maximum Gasteiger partial charge on any atom is 0.245 e. The zero-order chi connectivity index (χ0) is 18.8. The Bertz CT molecular complexity index is 968. The van der Waals surface area contributed by atoms with Gasteiger partial charge in [0.2, 0.25) is 5.91 Å². The lowest BCUT2D eigenvalue weighted by molar-refractivity contribution is -0.117. The number of hydrogen-bond acceptors (Lipinski definition) is 6. The third-order valence-electron chi connectivity index (χ3n) is 4.47. The van der Waals surface area contributed by atoms with E-state index >= 15 is 0 Å². The SMILES string of the molecule is NC1c2ccsc2N=CN1c1ccc(NC(=O)[C@H](N)c2ccccc2)cc1. The zero-order valence-electron chi connectivity index (χ0n) is 14.4. The van der Waals surface area contributed by atoms with Crippen LogP contribution in [-0.4, -0.2) is 12.2 Å². The standard InChI is InChI=1S/C20H19N5OS/c21-17(13-4-2-1-3-5-13)19(26)24-14-6-8-15(9-7-14)25-12-23-20-16(18(25)22)10-11-27-20/h1-12,17-18H,21-22H2,(H,24,26)/t17-,18?/m1/s1. The smallest absolute Gasteiger partial charge is 0.245 e. The summed E-state index contributed by atoms with van der Waals surface area (Å²) in [5.41, 5.74) is 15.7. The van der Waals surface area contributed by atoms with E-state index in [1.807, 2.05) is 70.9 Å². The number of amides is 1. The Kier molecular flexibility index (Phi) is 4.72. The van der Waals surface area contributed by atoms with Crippen molar-refractivity contribution in [2.45, 2.75) is 12.2 Å². The predicted molar refractivity (Wildman–Crippen MR) is 110 cm³/mol. The van der Waals surface area contributed by atoms with Crippen LogP contribution in [0.1, 0.15) is 23.3 Å². The van der Waals surface area contributed by atoms with Crippen molar-refractivity contribution in [3.05, 3.63) is 77.2 Å². The molecule has 0 fully saturated rings. The molecule has 27 heavy (non-hydrogen) atoms. The van der Waals surface area contributed by atoms with Gasteiger partial charge in [0, 0.05) is 16.9 Å². The number of anilines is 2. The molecule has 2 aromatic carbocycles. The molecule has 1 amide bonds. The van der Waals surface area contributed by atoms with Crippen LogP contribution in [0.4, 0.5) is 16.4 Å². The molecule has 0 aliphatic carbocycles. The molecule has 3 aromatic rings. The molecule has 1 aromatic heterocycles. The number of carbonyl (C=O) groups excluding carboxylic acids is 1. The minimum atomic E-state index is -0.717. The largest absolute Gasteiger partial charge is 0.324 e. The fourth-order valence-electron chi connectivity index (χ4n) is 2.95. The summed E-state index contributed by atoms with van der Waals surface area (Å²) in [5.74, 6) is -0.256. The van der Waals surface area contributed by atoms with Crippen LogP contribution in [-0.2, 0) is 4.79 Å². The van der Waals surface area contributed by atoms with Crippen molar-refractivity contribution in [2.24, 2.45) is 16.5 Å². The van der Waals surface area contributed by atoms with E-state index in [0.717, 1.165) is 21.8 Å². The second-order valence-corrected chi connectivity index (χ2v) is 7.10. The highest BCUT2D eigenvalue weighted by atomic mass is 32.1. The van der Waals surface area contributed by atoms with Crippen molar-refractivity contribution in [2.75, 3.05) is 10.2 Å². The number of rotatable bonds is 4. The fourth-order valence-corrected chi connectivity index (χ4v) is 3.73. The fraction of sp³-hybridized carbons (Fsp3) is 0.100. The van der Waals surface area contributed by atoms with E-state index in [9.17, 15) is 4.79 Å². The number of nitrogens with one attached hydrogen (secondary N) is 1. The highest BCUT2D eigenvalue weighted by Gasteiger charge is 2.23. The second-order valence-electron chi connectivity index (χ2n) is 6.20. The van der Waals surface area contributed by atoms with Crippen LogP contribution in [0.2, 0.25) is 0 Å². The van der Waals surface area contributed by atoms with E-state index in [0.29, 0.717) is 5.69 Å². The van der Waals surface area contributed by atoms with E-state index < -0.39 is 6.04 Å². The summed E-state index contributed by atoms with van der Waals surface area (Å²) in [6.45, 7) is 0. The molecular weight excluding hydrogens is 358 g/mol. The number of nitrogens with two attached hydrogens (primary N) is 2. The Labute approximate surface area is 161 Å². The van der Waals surface area contributed by atoms with Crippen molar-refractivity contribution < 1.29 is 4.79 Å². The lowest BCUT2D eigenvalue weighted by atomic mass is 10.1. The Balaban J connectivity index is 1.46. The summed E-state index contributed by atoms with van der Waals surface area (Å²) in [4.78, 5) is 18.7. The molecule has 0 saturated heterocycles. The first-order valence-electron chi connectivity index (χ1n) is 8.50. The van der Waals surface area contributed by atoms with Gasteiger partial charge in [0.05, 0.1) is 6.34 Å². The Morgan fingerprint density at radius 2 is 1.85 bits per heavy atom. The summed E-state index contributed by atoms with van der Waals surface area (Å²) in [6, 6.07) is 18.0. The van der Waals surface area contributed by atoms with E-state index in [1.165, 1.54) is 0 Å². The third-order valence-corrected chi connectivity index (χ3v) is 5.30. The molecule has 0 radical (unpaired) electrons. The van der Waals surface area contributed by atoms with E-state index in [4.69, 9.17) is 11.5 Å². The summed E-state index contributed by atoms with van der Waals surface area (Å²) in [5, 5.41) is 5.78. The molecule has 6 nitrogen and oxygen atoms in total. The normalized spacial score (nSPS) is 16.7. The van der Waals surface area contributed by atoms with E-state index in [1.54, 1.807) is 17.7 Å². The lowest BCUT2D eigenvalue weighted by Crippen LogP contribution is -2.35. The second kappa shape index (κ2) is 7.32. The summed E-state index contributed by atoms with van der Waals surface area (Å²) in [6.07, 6.45) is 1.46. The molecule has 0 bridgehead atoms. The monoisotopic (exact) mass is 377 g/mol. The van der Waals surface area contributed by atoms with Gasteiger partial charge in [-0.1, -0.05) is 30.3 Å². The molecule has 2 atom stereocenters. The highest BCUT2D eigenvalue weighted by molar-refractivity contribution is 7.14. The number of benzene rings is 2. The van der Waals surface area contributed by atoms with Crippen molar-refractivity contribution in [3.8, 4) is 0 Å². The minimum absolute atomic E-state index is 0.256. The average molecular weight is 377 g/mol. The maximum atomic E-state index is 12.4. The molecular formula is C20H19N5OS. The summed E-state index contributed by atoms with van der Waals surface area (Å²) >= 11 is 1.57. The quantitative estimate of drug-likeness (QED) is 0.648. The van der Waals surface area contributed by atoms with Crippen LogP contribution in [0.5, 0.6) is 0 Å². The number of fused-ring (bicyclic) bond motifs is 1. The maximum absolute atomic E-state index is 12.4. The van der Waals surface area contributed by atoms with Crippen LogP contribution in [0, 0.1) is 0 Å². The predicted octanol–water partition coefficient (Wildman–Crippen LogP) is 3.52. The van der Waals surface area contributed by atoms with Gasteiger partial charge < -0.3 is 21.7 Å². The highest BCUT2D eigenvalue weighted by Crippen LogP contribution is 2.36.